The van der Waals surface area contributed by atoms with Gasteiger partial charge >= 0.3 is 0 Å². The number of carbonyl (C=O) groups is 2. The number of pyridine rings is 1. The molecule has 0 aliphatic heterocycles. The molecule has 2 amide bonds. The molecule has 11 heteroatoms. The minimum absolute atomic E-state index is 0.0718. The zero-order valence-corrected chi connectivity index (χ0v) is 23.6. The Hall–Kier alpha value is -4.54. The van der Waals surface area contributed by atoms with Crippen LogP contribution in [0.3, 0.4) is 0 Å². The van der Waals surface area contributed by atoms with E-state index < -0.39 is 4.92 Å². The summed E-state index contributed by atoms with van der Waals surface area (Å²) >= 11 is 0. The number of nitrogens with zero attached hydrogens (tertiary/aromatic N) is 5. The fraction of sp³-hybridized carbons (Fsp3) is 0.357. The molecule has 0 atom stereocenters. The van der Waals surface area contributed by atoms with Crippen LogP contribution in [-0.4, -0.2) is 50.3 Å². The van der Waals surface area contributed by atoms with Gasteiger partial charge in [-0.3, -0.25) is 30.0 Å². The van der Waals surface area contributed by atoms with E-state index >= 15 is 0 Å². The third-order valence-electron chi connectivity index (χ3n) is 5.57. The zero-order chi connectivity index (χ0) is 29.5. The van der Waals surface area contributed by atoms with Crippen LogP contribution in [0, 0.1) is 24.0 Å². The number of aryl methyl sites for hydroxylation is 3. The minimum Gasteiger partial charge on any atom is -0.372 e. The SMILES string of the molecule is C=C(C)/C=C(/C(=O)Nc1nc2cc(C)ccc2n1CCCC)N(C)CC.Cc1ccncc1[N+](=O)[O-].NC=O. The van der Waals surface area contributed by atoms with Crippen LogP contribution in [0.2, 0.25) is 0 Å². The second kappa shape index (κ2) is 16.3. The molecule has 11 nitrogen and oxygen atoms in total. The molecular weight excluding hydrogens is 498 g/mol. The summed E-state index contributed by atoms with van der Waals surface area (Å²) in [4.78, 5) is 41.4. The predicted molar refractivity (Wildman–Crippen MR) is 155 cm³/mol. The number of nitro groups is 1. The molecule has 0 fully saturated rings. The Morgan fingerprint density at radius 3 is 2.46 bits per heavy atom. The smallest absolute Gasteiger partial charge is 0.290 e. The largest absolute Gasteiger partial charge is 0.372 e. The van der Waals surface area contributed by atoms with E-state index in [4.69, 9.17) is 4.79 Å². The lowest BCUT2D eigenvalue weighted by molar-refractivity contribution is -0.385. The average molecular weight is 538 g/mol. The molecule has 0 saturated heterocycles. The maximum atomic E-state index is 12.9. The third-order valence-corrected chi connectivity index (χ3v) is 5.57. The zero-order valence-electron chi connectivity index (χ0n) is 23.6. The number of primary amides is 1. The molecule has 210 valence electrons. The molecule has 0 aliphatic rings. The molecule has 0 unspecified atom stereocenters. The number of carbonyl (C=O) groups excluding carboxylic acids is 2. The first-order valence-electron chi connectivity index (χ1n) is 12.6. The van der Waals surface area contributed by atoms with Gasteiger partial charge in [0.2, 0.25) is 12.4 Å². The van der Waals surface area contributed by atoms with Crippen molar-refractivity contribution in [3.63, 3.8) is 0 Å². The number of aromatic nitrogens is 3. The highest BCUT2D eigenvalue weighted by molar-refractivity contribution is 6.03. The summed E-state index contributed by atoms with van der Waals surface area (Å²) in [5, 5.41) is 13.2. The molecular formula is C28H39N7O4. The van der Waals surface area contributed by atoms with Crippen molar-refractivity contribution in [2.24, 2.45) is 5.73 Å². The summed E-state index contributed by atoms with van der Waals surface area (Å²) in [6, 6.07) is 7.81. The normalized spacial score (nSPS) is 10.5. The summed E-state index contributed by atoms with van der Waals surface area (Å²) in [5.41, 5.74) is 9.42. The molecule has 3 aromatic rings. The van der Waals surface area contributed by atoms with Gasteiger partial charge in [-0.2, -0.15) is 0 Å². The lowest BCUT2D eigenvalue weighted by Crippen LogP contribution is -2.29. The van der Waals surface area contributed by atoms with E-state index in [-0.39, 0.29) is 18.0 Å². The van der Waals surface area contributed by atoms with Crippen LogP contribution in [0.4, 0.5) is 11.6 Å². The molecule has 0 aliphatic carbocycles. The second-order valence-corrected chi connectivity index (χ2v) is 8.83. The lowest BCUT2D eigenvalue weighted by atomic mass is 10.2. The molecule has 0 radical (unpaired) electrons. The molecule has 2 heterocycles. The fourth-order valence-electron chi connectivity index (χ4n) is 3.44. The molecule has 1 aromatic carbocycles. The number of imidazole rings is 1. The molecule has 39 heavy (non-hydrogen) atoms. The Bertz CT molecular complexity index is 1310. The number of amides is 2. The molecule has 3 rings (SSSR count). The van der Waals surface area contributed by atoms with Crippen molar-refractivity contribution in [2.75, 3.05) is 18.9 Å². The van der Waals surface area contributed by atoms with Crippen LogP contribution >= 0.6 is 0 Å². The number of hydrogen-bond donors (Lipinski definition) is 2. The number of anilines is 1. The molecule has 0 spiro atoms. The average Bonchev–Trinajstić information content (AvgIpc) is 3.21. The Balaban J connectivity index is 0.000000483. The van der Waals surface area contributed by atoms with E-state index in [2.05, 4.69) is 57.3 Å². The van der Waals surface area contributed by atoms with Gasteiger partial charge in [-0.1, -0.05) is 31.6 Å². The van der Waals surface area contributed by atoms with Crippen LogP contribution in [0.1, 0.15) is 44.7 Å². The van der Waals surface area contributed by atoms with Crippen molar-refractivity contribution in [1.29, 1.82) is 0 Å². The van der Waals surface area contributed by atoms with E-state index in [0.717, 1.165) is 48.1 Å². The van der Waals surface area contributed by atoms with Gasteiger partial charge in [-0.05, 0) is 64.0 Å². The van der Waals surface area contributed by atoms with E-state index in [0.29, 0.717) is 17.2 Å². The number of allylic oxidation sites excluding steroid dienone is 2. The number of fused-ring (bicyclic) bond motifs is 1. The Kier molecular flexibility index (Phi) is 13.6. The second-order valence-electron chi connectivity index (χ2n) is 8.83. The van der Waals surface area contributed by atoms with Crippen LogP contribution in [-0.2, 0) is 16.1 Å². The van der Waals surface area contributed by atoms with Gasteiger partial charge in [0.05, 0.1) is 16.0 Å². The number of hydrogen-bond acceptors (Lipinski definition) is 7. The van der Waals surface area contributed by atoms with Crippen LogP contribution in [0.25, 0.3) is 11.0 Å². The lowest BCUT2D eigenvalue weighted by Gasteiger charge is -2.20. The van der Waals surface area contributed by atoms with Gasteiger partial charge in [0.25, 0.3) is 11.6 Å². The summed E-state index contributed by atoms with van der Waals surface area (Å²) in [6.45, 7) is 15.2. The number of benzene rings is 1. The van der Waals surface area contributed by atoms with Gasteiger partial charge in [-0.25, -0.2) is 4.98 Å². The molecule has 2 aromatic heterocycles. The summed E-state index contributed by atoms with van der Waals surface area (Å²) < 4.78 is 2.10. The van der Waals surface area contributed by atoms with Gasteiger partial charge in [0, 0.05) is 31.9 Å². The highest BCUT2D eigenvalue weighted by Crippen LogP contribution is 2.22. The minimum atomic E-state index is -0.442. The number of rotatable bonds is 9. The van der Waals surface area contributed by atoms with Gasteiger partial charge in [0.15, 0.2) is 0 Å². The van der Waals surface area contributed by atoms with Crippen molar-refractivity contribution in [1.82, 2.24) is 19.4 Å². The maximum Gasteiger partial charge on any atom is 0.290 e. The van der Waals surface area contributed by atoms with Crippen LogP contribution < -0.4 is 11.1 Å². The van der Waals surface area contributed by atoms with Gasteiger partial charge in [0.1, 0.15) is 11.9 Å². The number of nitrogens with one attached hydrogen (secondary N) is 1. The first-order valence-corrected chi connectivity index (χ1v) is 12.6. The first kappa shape index (κ1) is 32.5. The molecule has 0 saturated carbocycles. The highest BCUT2D eigenvalue weighted by Gasteiger charge is 2.18. The van der Waals surface area contributed by atoms with Crippen LogP contribution in [0.15, 0.2) is 60.6 Å². The summed E-state index contributed by atoms with van der Waals surface area (Å²) in [5.74, 6) is 0.434. The monoisotopic (exact) mass is 537 g/mol. The van der Waals surface area contributed by atoms with E-state index in [1.54, 1.807) is 13.0 Å². The summed E-state index contributed by atoms with van der Waals surface area (Å²) in [7, 11) is 1.90. The molecule has 3 N–H and O–H groups in total. The van der Waals surface area contributed by atoms with Crippen molar-refractivity contribution in [3.05, 3.63) is 81.8 Å². The van der Waals surface area contributed by atoms with Crippen molar-refractivity contribution in [2.45, 2.75) is 54.0 Å². The van der Waals surface area contributed by atoms with E-state index in [1.807, 2.05) is 38.8 Å². The number of nitrogens with two attached hydrogens (primary N) is 1. The third kappa shape index (κ3) is 10.0. The Morgan fingerprint density at radius 2 is 1.95 bits per heavy atom. The maximum absolute atomic E-state index is 12.9. The predicted octanol–water partition coefficient (Wildman–Crippen LogP) is 4.89. The van der Waals surface area contributed by atoms with Crippen molar-refractivity contribution in [3.8, 4) is 0 Å². The topological polar surface area (TPSA) is 149 Å². The number of unbranched alkanes of at least 4 members (excludes halogenated alkanes) is 1. The quantitative estimate of drug-likeness (QED) is 0.130. The van der Waals surface area contributed by atoms with E-state index in [9.17, 15) is 14.9 Å². The van der Waals surface area contributed by atoms with Gasteiger partial charge in [-0.15, -0.1) is 0 Å². The summed E-state index contributed by atoms with van der Waals surface area (Å²) in [6.07, 6.45) is 6.95. The van der Waals surface area contributed by atoms with Crippen molar-refractivity contribution >= 4 is 35.0 Å². The van der Waals surface area contributed by atoms with E-state index in [1.165, 1.54) is 12.4 Å². The fourth-order valence-corrected chi connectivity index (χ4v) is 3.44. The first-order chi connectivity index (χ1) is 18.5. The van der Waals surface area contributed by atoms with Crippen molar-refractivity contribution < 1.29 is 14.5 Å². The number of likely N-dealkylation sites (N-methyl/N-ethyl adjacent to an activating group) is 1. The highest BCUT2D eigenvalue weighted by atomic mass is 16.6. The van der Waals surface area contributed by atoms with Crippen LogP contribution in [0.5, 0.6) is 0 Å². The molecule has 0 bridgehead atoms. The standard InChI is InChI=1S/C21H30N4O.C6H6N2O2.CH3NO/c1-7-9-12-25-18-11-10-16(5)14-17(18)22-21(25)23-20(26)19(13-15(3)4)24(6)8-2;1-5-2-3-7-4-6(5)8(9)10;2-1-3/h10-11,13-14H,3,7-9,12H2,1-2,4-6H3,(H,22,23,26);2-4H,1H3;1H,(H2,2,3)/b19-13-;;. The Labute approximate surface area is 229 Å². The van der Waals surface area contributed by atoms with Gasteiger partial charge < -0.3 is 15.2 Å². The Morgan fingerprint density at radius 1 is 1.28 bits per heavy atom.